The van der Waals surface area contributed by atoms with Crippen LogP contribution in [0.25, 0.3) is 11.4 Å². The molecule has 0 aliphatic rings. The molecule has 0 spiro atoms. The van der Waals surface area contributed by atoms with Crippen molar-refractivity contribution in [3.8, 4) is 11.4 Å². The zero-order chi connectivity index (χ0) is 20.1. The highest BCUT2D eigenvalue weighted by Crippen LogP contribution is 2.19. The maximum Gasteiger partial charge on any atom is 0.240 e. The molecule has 146 valence electrons. The van der Waals surface area contributed by atoms with Gasteiger partial charge in [0.05, 0.1) is 6.04 Å². The van der Waals surface area contributed by atoms with Crippen molar-refractivity contribution in [2.24, 2.45) is 0 Å². The van der Waals surface area contributed by atoms with Crippen molar-refractivity contribution in [3.63, 3.8) is 0 Å². The van der Waals surface area contributed by atoms with Gasteiger partial charge >= 0.3 is 0 Å². The molecule has 0 fully saturated rings. The van der Waals surface area contributed by atoms with Gasteiger partial charge in [-0.15, -0.1) is 0 Å². The Labute approximate surface area is 170 Å². The van der Waals surface area contributed by atoms with E-state index in [2.05, 4.69) is 32.5 Å². The normalized spacial score (nSPS) is 12.1. The van der Waals surface area contributed by atoms with Gasteiger partial charge in [-0.05, 0) is 38.8 Å². The van der Waals surface area contributed by atoms with E-state index in [1.807, 2.05) is 63.5 Å². The van der Waals surface area contributed by atoms with E-state index in [4.69, 9.17) is 12.2 Å². The van der Waals surface area contributed by atoms with Gasteiger partial charge in [0.1, 0.15) is 6.54 Å². The average molecular weight is 396 g/mol. The van der Waals surface area contributed by atoms with Crippen molar-refractivity contribution in [2.75, 3.05) is 20.6 Å². The van der Waals surface area contributed by atoms with Gasteiger partial charge in [0.2, 0.25) is 5.91 Å². The fraction of sp³-hybridized carbons (Fsp3) is 0.286. The van der Waals surface area contributed by atoms with E-state index in [0.717, 1.165) is 16.7 Å². The molecule has 0 aliphatic carbocycles. The summed E-state index contributed by atoms with van der Waals surface area (Å²) in [7, 11) is 4.01. The third-order valence-corrected chi connectivity index (χ3v) is 4.98. The van der Waals surface area contributed by atoms with Gasteiger partial charge in [0.15, 0.2) is 10.6 Å². The second-order valence-corrected chi connectivity index (χ2v) is 7.39. The summed E-state index contributed by atoms with van der Waals surface area (Å²) in [6, 6.07) is 18.2. The fourth-order valence-corrected chi connectivity index (χ4v) is 3.27. The van der Waals surface area contributed by atoms with E-state index in [1.54, 1.807) is 4.57 Å². The van der Waals surface area contributed by atoms with E-state index in [-0.39, 0.29) is 18.5 Å². The van der Waals surface area contributed by atoms with Gasteiger partial charge in [-0.1, -0.05) is 60.2 Å². The number of benzene rings is 2. The van der Waals surface area contributed by atoms with Crippen LogP contribution in [0.4, 0.5) is 0 Å². The maximum absolute atomic E-state index is 12.6. The van der Waals surface area contributed by atoms with Gasteiger partial charge in [-0.2, -0.15) is 5.10 Å². The summed E-state index contributed by atoms with van der Waals surface area (Å²) in [5.74, 6) is 0.556. The van der Waals surface area contributed by atoms with E-state index in [0.29, 0.717) is 17.1 Å². The van der Waals surface area contributed by atoms with Crippen LogP contribution in [0, 0.1) is 11.7 Å². The Morgan fingerprint density at radius 2 is 1.86 bits per heavy atom. The second kappa shape index (κ2) is 8.95. The molecule has 3 rings (SSSR count). The van der Waals surface area contributed by atoms with Crippen molar-refractivity contribution in [3.05, 3.63) is 70.5 Å². The Kier molecular flexibility index (Phi) is 6.38. The summed E-state index contributed by atoms with van der Waals surface area (Å²) in [5.41, 5.74) is 3.24. The molecule has 7 heteroatoms. The van der Waals surface area contributed by atoms with Crippen LogP contribution in [-0.2, 0) is 11.3 Å². The number of hydrogen-bond acceptors (Lipinski definition) is 4. The van der Waals surface area contributed by atoms with Crippen LogP contribution in [0.1, 0.15) is 17.2 Å². The largest absolute Gasteiger partial charge is 0.353 e. The van der Waals surface area contributed by atoms with Crippen LogP contribution in [0.3, 0.4) is 0 Å². The first kappa shape index (κ1) is 20.0. The molecule has 1 atom stereocenters. The van der Waals surface area contributed by atoms with Gasteiger partial charge in [-0.25, -0.2) is 0 Å². The van der Waals surface area contributed by atoms with Crippen LogP contribution in [0.5, 0.6) is 0 Å². The summed E-state index contributed by atoms with van der Waals surface area (Å²) in [6.45, 7) is 2.66. The molecule has 0 bridgehead atoms. The maximum atomic E-state index is 12.6. The lowest BCUT2D eigenvalue weighted by Gasteiger charge is -2.25. The topological polar surface area (TPSA) is 66.0 Å². The first-order valence-corrected chi connectivity index (χ1v) is 9.57. The number of aryl methyl sites for hydroxylation is 1. The first-order valence-electron chi connectivity index (χ1n) is 9.16. The van der Waals surface area contributed by atoms with Crippen molar-refractivity contribution >= 4 is 18.1 Å². The highest BCUT2D eigenvalue weighted by atomic mass is 32.1. The summed E-state index contributed by atoms with van der Waals surface area (Å²) < 4.78 is 2.15. The number of carbonyl (C=O) groups excluding carboxylic acids is 1. The molecular weight excluding hydrogens is 370 g/mol. The third kappa shape index (κ3) is 4.74. The van der Waals surface area contributed by atoms with Crippen LogP contribution in [-0.4, -0.2) is 46.2 Å². The van der Waals surface area contributed by atoms with Crippen molar-refractivity contribution in [1.82, 2.24) is 25.0 Å². The number of aromatic nitrogens is 3. The fourth-order valence-electron chi connectivity index (χ4n) is 3.07. The van der Waals surface area contributed by atoms with E-state index in [9.17, 15) is 4.79 Å². The quantitative estimate of drug-likeness (QED) is 0.602. The molecular formula is C21H25N5OS. The predicted octanol–water partition coefficient (Wildman–Crippen LogP) is 3.34. The number of carbonyl (C=O) groups is 1. The molecule has 0 aliphatic heterocycles. The molecule has 2 aromatic carbocycles. The lowest BCUT2D eigenvalue weighted by atomic mass is 10.1. The Morgan fingerprint density at radius 3 is 2.50 bits per heavy atom. The van der Waals surface area contributed by atoms with Crippen molar-refractivity contribution in [2.45, 2.75) is 19.5 Å². The number of likely N-dealkylation sites (N-methyl/N-ethyl adjacent to an activating group) is 1. The minimum absolute atomic E-state index is 0.0963. The summed E-state index contributed by atoms with van der Waals surface area (Å²) in [6.07, 6.45) is 0. The smallest absolute Gasteiger partial charge is 0.240 e. The minimum Gasteiger partial charge on any atom is -0.353 e. The molecule has 28 heavy (non-hydrogen) atoms. The zero-order valence-electron chi connectivity index (χ0n) is 16.3. The molecule has 1 amide bonds. The van der Waals surface area contributed by atoms with Crippen molar-refractivity contribution in [1.29, 1.82) is 0 Å². The lowest BCUT2D eigenvalue weighted by Crippen LogP contribution is -2.36. The molecule has 0 unspecified atom stereocenters. The molecule has 1 aromatic heterocycles. The minimum atomic E-state index is -0.103. The van der Waals surface area contributed by atoms with Gasteiger partial charge < -0.3 is 10.2 Å². The average Bonchev–Trinajstić information content (AvgIpc) is 3.03. The number of H-pyrrole nitrogens is 1. The molecule has 1 heterocycles. The number of amides is 1. The second-order valence-electron chi connectivity index (χ2n) is 7.00. The molecule has 3 aromatic rings. The SMILES string of the molecule is Cc1ccc(-c2n[nH]c(=S)n2CC(=O)NC[C@H](c2ccccc2)N(C)C)cc1. The van der Waals surface area contributed by atoms with E-state index < -0.39 is 0 Å². The highest BCUT2D eigenvalue weighted by molar-refractivity contribution is 7.71. The highest BCUT2D eigenvalue weighted by Gasteiger charge is 2.17. The number of nitrogens with zero attached hydrogens (tertiary/aromatic N) is 3. The van der Waals surface area contributed by atoms with Gasteiger partial charge in [-0.3, -0.25) is 14.5 Å². The number of nitrogens with one attached hydrogen (secondary N) is 2. The number of hydrogen-bond donors (Lipinski definition) is 2. The van der Waals surface area contributed by atoms with Crippen molar-refractivity contribution < 1.29 is 4.79 Å². The summed E-state index contributed by atoms with van der Waals surface area (Å²) >= 11 is 5.33. The molecule has 6 nitrogen and oxygen atoms in total. The molecule has 0 saturated carbocycles. The first-order chi connectivity index (χ1) is 13.5. The summed E-state index contributed by atoms with van der Waals surface area (Å²) in [4.78, 5) is 14.7. The number of rotatable bonds is 7. The standard InChI is InChI=1S/C21H25N5OS/c1-15-9-11-17(12-10-15)20-23-24-21(28)26(20)14-19(27)22-13-18(25(2)3)16-7-5-4-6-8-16/h4-12,18H,13-14H2,1-3H3,(H,22,27)(H,24,28)/t18-/m1/s1. The van der Waals surface area contributed by atoms with Crippen LogP contribution < -0.4 is 5.32 Å². The van der Waals surface area contributed by atoms with Crippen LogP contribution in [0.2, 0.25) is 0 Å². The van der Waals surface area contributed by atoms with E-state index in [1.165, 1.54) is 0 Å². The summed E-state index contributed by atoms with van der Waals surface area (Å²) in [5, 5.41) is 10.1. The number of aromatic amines is 1. The monoisotopic (exact) mass is 395 g/mol. The Hall–Kier alpha value is -2.77. The lowest BCUT2D eigenvalue weighted by molar-refractivity contribution is -0.121. The Balaban J connectivity index is 1.71. The molecule has 2 N–H and O–H groups in total. The Bertz CT molecular complexity index is 976. The van der Waals surface area contributed by atoms with Gasteiger partial charge in [0.25, 0.3) is 0 Å². The molecule has 0 saturated heterocycles. The zero-order valence-corrected chi connectivity index (χ0v) is 17.2. The van der Waals surface area contributed by atoms with Crippen LogP contribution >= 0.6 is 12.2 Å². The van der Waals surface area contributed by atoms with Crippen LogP contribution in [0.15, 0.2) is 54.6 Å². The van der Waals surface area contributed by atoms with E-state index >= 15 is 0 Å². The molecule has 0 radical (unpaired) electrons. The predicted molar refractivity (Wildman–Crippen MR) is 113 cm³/mol. The Morgan fingerprint density at radius 1 is 1.18 bits per heavy atom. The third-order valence-electron chi connectivity index (χ3n) is 4.67. The van der Waals surface area contributed by atoms with Gasteiger partial charge in [0, 0.05) is 12.1 Å².